The quantitative estimate of drug-likeness (QED) is 0.114. The Morgan fingerprint density at radius 3 is 1.82 bits per heavy atom. The number of aryl methyl sites for hydroxylation is 1. The maximum Gasteiger partial charge on any atom is 0.429 e. The third-order valence-electron chi connectivity index (χ3n) is 7.07. The van der Waals surface area contributed by atoms with Crippen molar-refractivity contribution in [3.63, 3.8) is 0 Å². The first-order chi connectivity index (χ1) is 18.8. The molecular formula is C34H29F3O2. The van der Waals surface area contributed by atoms with Crippen molar-refractivity contribution in [2.45, 2.75) is 44.9 Å². The minimum atomic E-state index is -4.80. The molecule has 0 unspecified atom stereocenters. The third-order valence-corrected chi connectivity index (χ3v) is 7.07. The summed E-state index contributed by atoms with van der Waals surface area (Å²) in [4.78, 5) is 13.0. The van der Waals surface area contributed by atoms with E-state index < -0.39 is 18.2 Å². The molecular weight excluding hydrogens is 497 g/mol. The van der Waals surface area contributed by atoms with E-state index in [1.54, 1.807) is 60.7 Å². The summed E-state index contributed by atoms with van der Waals surface area (Å²) in [5.41, 5.74) is 3.13. The van der Waals surface area contributed by atoms with Crippen LogP contribution in [0.4, 0.5) is 13.2 Å². The first-order valence-electron chi connectivity index (χ1n) is 13.2. The zero-order valence-corrected chi connectivity index (χ0v) is 21.7. The number of esters is 1. The molecule has 5 aromatic rings. The molecule has 0 heterocycles. The summed E-state index contributed by atoms with van der Waals surface area (Å²) in [6.07, 6.45) is -2.66. The summed E-state index contributed by atoms with van der Waals surface area (Å²) in [7, 11) is 0. The number of fused-ring (bicyclic) bond motifs is 2. The van der Waals surface area contributed by atoms with Gasteiger partial charge in [0.05, 0.1) is 5.56 Å². The number of ether oxygens (including phenoxy) is 1. The molecule has 0 aliphatic carbocycles. The smallest absolute Gasteiger partial charge is 0.429 e. The second-order valence-corrected chi connectivity index (χ2v) is 9.79. The second-order valence-electron chi connectivity index (χ2n) is 9.79. The monoisotopic (exact) mass is 526 g/mol. The van der Waals surface area contributed by atoms with E-state index in [1.165, 1.54) is 30.5 Å². The lowest BCUT2D eigenvalue weighted by molar-refractivity contribution is -0.206. The third kappa shape index (κ3) is 5.83. The van der Waals surface area contributed by atoms with Crippen molar-refractivity contribution in [2.24, 2.45) is 0 Å². The number of carbonyl (C=O) groups is 1. The molecule has 0 saturated carbocycles. The van der Waals surface area contributed by atoms with Crippen LogP contribution < -0.4 is 0 Å². The van der Waals surface area contributed by atoms with Gasteiger partial charge in [-0.3, -0.25) is 0 Å². The highest BCUT2D eigenvalue weighted by molar-refractivity contribution is 6.03. The summed E-state index contributed by atoms with van der Waals surface area (Å²) >= 11 is 0. The van der Waals surface area contributed by atoms with Crippen LogP contribution in [-0.4, -0.2) is 12.1 Å². The van der Waals surface area contributed by atoms with Gasteiger partial charge in [0.15, 0.2) is 0 Å². The van der Waals surface area contributed by atoms with Crippen molar-refractivity contribution in [1.82, 2.24) is 0 Å². The molecule has 0 fully saturated rings. The Hall–Kier alpha value is -4.12. The van der Waals surface area contributed by atoms with Gasteiger partial charge in [0.25, 0.3) is 0 Å². The van der Waals surface area contributed by atoms with Crippen LogP contribution >= 0.6 is 0 Å². The summed E-state index contributed by atoms with van der Waals surface area (Å²) in [6.45, 7) is 2.18. The molecule has 0 N–H and O–H groups in total. The molecule has 198 valence electrons. The van der Waals surface area contributed by atoms with E-state index in [1.807, 2.05) is 18.2 Å². The van der Waals surface area contributed by atoms with Crippen LogP contribution in [0.1, 0.15) is 53.8 Å². The average molecular weight is 527 g/mol. The summed E-state index contributed by atoms with van der Waals surface area (Å²) in [6, 6.07) is 30.3. The topological polar surface area (TPSA) is 26.3 Å². The highest BCUT2D eigenvalue weighted by Crippen LogP contribution is 2.43. The fraction of sp³-hybridized carbons (Fsp3) is 0.206. The van der Waals surface area contributed by atoms with Gasteiger partial charge >= 0.3 is 12.1 Å². The van der Waals surface area contributed by atoms with Crippen LogP contribution in [0.5, 0.6) is 0 Å². The van der Waals surface area contributed by atoms with E-state index in [0.717, 1.165) is 24.0 Å². The summed E-state index contributed by atoms with van der Waals surface area (Å²) in [5.74, 6) is -1.02. The first-order valence-corrected chi connectivity index (χ1v) is 13.2. The van der Waals surface area contributed by atoms with Crippen molar-refractivity contribution in [1.29, 1.82) is 0 Å². The zero-order valence-electron chi connectivity index (χ0n) is 21.7. The molecule has 39 heavy (non-hydrogen) atoms. The number of halogens is 3. The van der Waals surface area contributed by atoms with Crippen molar-refractivity contribution in [2.75, 3.05) is 0 Å². The van der Waals surface area contributed by atoms with Gasteiger partial charge in [0.2, 0.25) is 6.10 Å². The SMILES string of the molecule is CCCCCc1ccc(-c2ccc(C(=O)O[C@@H](c3c4ccccc4cc4ccccc34)C(F)(F)F)cc2)cc1. The van der Waals surface area contributed by atoms with Crippen LogP contribution in [0.15, 0.2) is 103 Å². The molecule has 5 aromatic carbocycles. The van der Waals surface area contributed by atoms with Crippen LogP contribution in [0.3, 0.4) is 0 Å². The van der Waals surface area contributed by atoms with E-state index in [0.29, 0.717) is 21.5 Å². The predicted molar refractivity (Wildman–Crippen MR) is 151 cm³/mol. The molecule has 0 aromatic heterocycles. The molecule has 2 nitrogen and oxygen atoms in total. The van der Waals surface area contributed by atoms with Gasteiger partial charge < -0.3 is 4.74 Å². The highest BCUT2D eigenvalue weighted by Gasteiger charge is 2.45. The Balaban J connectivity index is 1.42. The fourth-order valence-electron chi connectivity index (χ4n) is 5.04. The zero-order chi connectivity index (χ0) is 27.4. The van der Waals surface area contributed by atoms with Crippen molar-refractivity contribution in [3.05, 3.63) is 120 Å². The molecule has 5 heteroatoms. The van der Waals surface area contributed by atoms with Gasteiger partial charge in [-0.15, -0.1) is 0 Å². The number of rotatable bonds is 8. The lowest BCUT2D eigenvalue weighted by Gasteiger charge is -2.24. The van der Waals surface area contributed by atoms with Gasteiger partial charge in [0, 0.05) is 5.56 Å². The predicted octanol–water partition coefficient (Wildman–Crippen LogP) is 9.85. The molecule has 0 aliphatic heterocycles. The first kappa shape index (κ1) is 26.5. The van der Waals surface area contributed by atoms with Gasteiger partial charge in [-0.1, -0.05) is 105 Å². The fourth-order valence-corrected chi connectivity index (χ4v) is 5.04. The Kier molecular flexibility index (Phi) is 7.69. The molecule has 0 saturated heterocycles. The Morgan fingerprint density at radius 2 is 1.28 bits per heavy atom. The molecule has 1 atom stereocenters. The maximum atomic E-state index is 14.5. The molecule has 0 amide bonds. The van der Waals surface area contributed by atoms with Gasteiger partial charge in [-0.25, -0.2) is 4.79 Å². The van der Waals surface area contributed by atoms with Gasteiger partial charge in [-0.2, -0.15) is 13.2 Å². The van der Waals surface area contributed by atoms with Crippen molar-refractivity contribution in [3.8, 4) is 11.1 Å². The number of hydrogen-bond donors (Lipinski definition) is 0. The lowest BCUT2D eigenvalue weighted by Crippen LogP contribution is -2.26. The second kappa shape index (κ2) is 11.3. The minimum Gasteiger partial charge on any atom is -0.444 e. The van der Waals surface area contributed by atoms with Crippen LogP contribution in [-0.2, 0) is 11.2 Å². The molecule has 0 aliphatic rings. The Morgan fingerprint density at radius 1 is 0.744 bits per heavy atom. The van der Waals surface area contributed by atoms with Crippen LogP contribution in [0, 0.1) is 0 Å². The van der Waals surface area contributed by atoms with E-state index in [9.17, 15) is 18.0 Å². The highest BCUT2D eigenvalue weighted by atomic mass is 19.4. The summed E-state index contributed by atoms with van der Waals surface area (Å²) in [5, 5.41) is 2.11. The normalized spacial score (nSPS) is 12.5. The van der Waals surface area contributed by atoms with Crippen molar-refractivity contribution < 1.29 is 22.7 Å². The Bertz CT molecular complexity index is 1530. The molecule has 0 radical (unpaired) electrons. The lowest BCUT2D eigenvalue weighted by atomic mass is 9.93. The maximum absolute atomic E-state index is 14.5. The van der Waals surface area contributed by atoms with Crippen LogP contribution in [0.25, 0.3) is 32.7 Å². The van der Waals surface area contributed by atoms with E-state index in [-0.39, 0.29) is 11.1 Å². The number of hydrogen-bond acceptors (Lipinski definition) is 2. The standard InChI is InChI=1S/C34H29F3O2/c1-2-3-4-9-23-14-16-24(17-15-23)25-18-20-26(21-19-25)33(38)39-32(34(35,36)37)31-29-12-7-5-10-27(29)22-28-11-6-8-13-30(28)31/h5-8,10-22,32H,2-4,9H2,1H3/t32-/m0/s1. The van der Waals surface area contributed by atoms with Crippen molar-refractivity contribution >= 4 is 27.5 Å². The van der Waals surface area contributed by atoms with Crippen LogP contribution in [0.2, 0.25) is 0 Å². The molecule has 0 bridgehead atoms. The number of unbranched alkanes of at least 4 members (excludes halogenated alkanes) is 2. The molecule has 5 rings (SSSR count). The van der Waals surface area contributed by atoms with E-state index in [4.69, 9.17) is 4.74 Å². The number of alkyl halides is 3. The van der Waals surface area contributed by atoms with E-state index >= 15 is 0 Å². The Labute approximate surface area is 226 Å². The number of benzene rings is 5. The largest absolute Gasteiger partial charge is 0.444 e. The average Bonchev–Trinajstić information content (AvgIpc) is 2.95. The van der Waals surface area contributed by atoms with Gasteiger partial charge in [0.1, 0.15) is 0 Å². The van der Waals surface area contributed by atoms with E-state index in [2.05, 4.69) is 19.1 Å². The minimum absolute atomic E-state index is 0.0554. The number of carbonyl (C=O) groups excluding carboxylic acids is 1. The molecule has 0 spiro atoms. The summed E-state index contributed by atoms with van der Waals surface area (Å²) < 4.78 is 48.7. The van der Waals surface area contributed by atoms with Gasteiger partial charge in [-0.05, 0) is 69.3 Å².